The van der Waals surface area contributed by atoms with Crippen LogP contribution < -0.4 is 5.30 Å². The molecule has 1 N–H and O–H groups in total. The van der Waals surface area contributed by atoms with E-state index in [-0.39, 0.29) is 40.7 Å². The van der Waals surface area contributed by atoms with Crippen LogP contribution in [0.5, 0.6) is 0 Å². The van der Waals surface area contributed by atoms with E-state index >= 15 is 0 Å². The van der Waals surface area contributed by atoms with E-state index in [4.69, 9.17) is 13.8 Å². The molecule has 0 spiro atoms. The zero-order valence-electron chi connectivity index (χ0n) is 17.5. The van der Waals surface area contributed by atoms with Gasteiger partial charge in [-0.3, -0.25) is 15.1 Å². The van der Waals surface area contributed by atoms with Crippen molar-refractivity contribution in [1.29, 1.82) is 0 Å². The van der Waals surface area contributed by atoms with Gasteiger partial charge < -0.3 is 4.74 Å². The van der Waals surface area contributed by atoms with E-state index in [1.807, 2.05) is 13.8 Å². The topological polar surface area (TPSA) is 121 Å². The smallest absolute Gasteiger partial charge is 0.448 e. The fourth-order valence-electron chi connectivity index (χ4n) is 3.33. The van der Waals surface area contributed by atoms with E-state index < -0.39 is 18.8 Å². The van der Waals surface area contributed by atoms with E-state index in [9.17, 15) is 19.8 Å². The van der Waals surface area contributed by atoms with Crippen molar-refractivity contribution in [3.63, 3.8) is 0 Å². The molecule has 0 amide bonds. The molecular formula is C20H24N2O7P+. The number of pyridine rings is 1. The number of nitro groups is 1. The molecule has 1 aromatic carbocycles. The molecule has 30 heavy (non-hydrogen) atoms. The van der Waals surface area contributed by atoms with Crippen molar-refractivity contribution < 1.29 is 28.4 Å². The van der Waals surface area contributed by atoms with E-state index in [0.717, 1.165) is 0 Å². The molecule has 0 radical (unpaired) electrons. The van der Waals surface area contributed by atoms with Gasteiger partial charge in [-0.2, -0.15) is 13.9 Å². The van der Waals surface area contributed by atoms with Gasteiger partial charge in [-0.1, -0.05) is 26.0 Å². The van der Waals surface area contributed by atoms with Gasteiger partial charge in [0.15, 0.2) is 0 Å². The van der Waals surface area contributed by atoms with Gasteiger partial charge in [0.25, 0.3) is 5.69 Å². The van der Waals surface area contributed by atoms with Crippen LogP contribution in [0.25, 0.3) is 11.1 Å². The zero-order valence-corrected chi connectivity index (χ0v) is 18.4. The predicted octanol–water partition coefficient (Wildman–Crippen LogP) is 3.51. The molecule has 1 fully saturated rings. The summed E-state index contributed by atoms with van der Waals surface area (Å²) in [6.07, 6.45) is 0. The predicted molar refractivity (Wildman–Crippen MR) is 112 cm³/mol. The number of aryl methyl sites for hydroxylation is 2. The van der Waals surface area contributed by atoms with Gasteiger partial charge in [-0.15, -0.1) is 0 Å². The lowest BCUT2D eigenvalue weighted by molar-refractivity contribution is -0.384. The highest BCUT2D eigenvalue weighted by atomic mass is 31.2. The average molecular weight is 435 g/mol. The van der Waals surface area contributed by atoms with Gasteiger partial charge >= 0.3 is 13.9 Å². The number of nitrogens with zero attached hydrogens (tertiary/aromatic N) is 2. The lowest BCUT2D eigenvalue weighted by atomic mass is 9.97. The summed E-state index contributed by atoms with van der Waals surface area (Å²) in [6.45, 7) is 7.68. The molecule has 1 aromatic heterocycles. The quantitative estimate of drug-likeness (QED) is 0.335. The number of aromatic nitrogens is 1. The number of esters is 1. The van der Waals surface area contributed by atoms with Crippen molar-refractivity contribution in [2.45, 2.75) is 27.7 Å². The van der Waals surface area contributed by atoms with E-state index in [2.05, 4.69) is 4.98 Å². The Morgan fingerprint density at radius 2 is 1.90 bits per heavy atom. The second-order valence-corrected chi connectivity index (χ2v) is 9.92. The van der Waals surface area contributed by atoms with Gasteiger partial charge in [-0.25, -0.2) is 4.79 Å². The molecule has 0 atom stereocenters. The van der Waals surface area contributed by atoms with Gasteiger partial charge in [0, 0.05) is 17.5 Å². The third kappa shape index (κ3) is 4.06. The minimum absolute atomic E-state index is 0.101. The number of ether oxygens (including phenoxy) is 1. The summed E-state index contributed by atoms with van der Waals surface area (Å²) < 4.78 is 16.6. The molecule has 0 saturated carbocycles. The van der Waals surface area contributed by atoms with Crippen LogP contribution in [0, 0.1) is 29.4 Å². The standard InChI is InChI=1S/C20H24N2O7P/c1-12-16(19(23)27-5)17(14-7-6-8-15(9-14)22(24)25)18(13(2)21-12)30(26)28-10-20(3,4)11-29-30/h6-9,26H,10-11H2,1-5H3/q+1. The summed E-state index contributed by atoms with van der Waals surface area (Å²) in [4.78, 5) is 39.3. The minimum Gasteiger partial charge on any atom is -0.465 e. The van der Waals surface area contributed by atoms with Crippen molar-refractivity contribution in [3.8, 4) is 11.1 Å². The summed E-state index contributed by atoms with van der Waals surface area (Å²) in [5.74, 6) is -0.674. The van der Waals surface area contributed by atoms with E-state index in [0.29, 0.717) is 17.0 Å². The van der Waals surface area contributed by atoms with Crippen LogP contribution in [0.4, 0.5) is 5.69 Å². The van der Waals surface area contributed by atoms with Crippen molar-refractivity contribution >= 4 is 24.9 Å². The van der Waals surface area contributed by atoms with Crippen molar-refractivity contribution in [3.05, 3.63) is 51.3 Å². The Labute approximate surface area is 174 Å². The number of carbonyl (C=O) groups excluding carboxylic acids is 1. The van der Waals surface area contributed by atoms with E-state index in [1.165, 1.54) is 25.3 Å². The second kappa shape index (κ2) is 8.00. The van der Waals surface area contributed by atoms with Crippen LogP contribution in [-0.2, 0) is 13.8 Å². The Bertz CT molecular complexity index is 1010. The number of rotatable bonds is 4. The van der Waals surface area contributed by atoms with Crippen LogP contribution >= 0.6 is 7.94 Å². The van der Waals surface area contributed by atoms with Crippen LogP contribution in [-0.4, -0.2) is 41.1 Å². The lowest BCUT2D eigenvalue weighted by Crippen LogP contribution is -2.36. The number of hydrogen-bond acceptors (Lipinski definition) is 8. The van der Waals surface area contributed by atoms with Crippen molar-refractivity contribution in [2.24, 2.45) is 5.41 Å². The third-order valence-corrected chi connectivity index (χ3v) is 6.88. The molecule has 0 bridgehead atoms. The lowest BCUT2D eigenvalue weighted by Gasteiger charge is -2.32. The van der Waals surface area contributed by atoms with Crippen LogP contribution in [0.1, 0.15) is 35.6 Å². The number of carbonyl (C=O) groups is 1. The first-order chi connectivity index (χ1) is 14.0. The van der Waals surface area contributed by atoms with Gasteiger partial charge in [-0.05, 0) is 19.4 Å². The number of hydrogen-bond donors (Lipinski definition) is 1. The van der Waals surface area contributed by atoms with E-state index in [1.54, 1.807) is 19.9 Å². The maximum Gasteiger partial charge on any atom is 0.448 e. The summed E-state index contributed by atoms with van der Waals surface area (Å²) in [7, 11) is -2.38. The van der Waals surface area contributed by atoms with Gasteiger partial charge in [0.05, 0.1) is 34.5 Å². The highest BCUT2D eigenvalue weighted by molar-refractivity contribution is 7.69. The highest BCUT2D eigenvalue weighted by Crippen LogP contribution is 2.62. The maximum atomic E-state index is 12.7. The molecule has 0 unspecified atom stereocenters. The Kier molecular flexibility index (Phi) is 5.93. The Morgan fingerprint density at radius 1 is 1.27 bits per heavy atom. The van der Waals surface area contributed by atoms with Crippen LogP contribution in [0.3, 0.4) is 0 Å². The van der Waals surface area contributed by atoms with Crippen molar-refractivity contribution in [1.82, 2.24) is 4.98 Å². The molecule has 10 heteroatoms. The van der Waals surface area contributed by atoms with Crippen LogP contribution in [0.15, 0.2) is 24.3 Å². The van der Waals surface area contributed by atoms with Gasteiger partial charge in [0.2, 0.25) is 5.30 Å². The highest BCUT2D eigenvalue weighted by Gasteiger charge is 2.55. The zero-order chi connectivity index (χ0) is 22.3. The molecular weight excluding hydrogens is 411 g/mol. The molecule has 160 valence electrons. The monoisotopic (exact) mass is 435 g/mol. The van der Waals surface area contributed by atoms with Gasteiger partial charge in [0.1, 0.15) is 13.2 Å². The normalized spacial score (nSPS) is 17.4. The number of methoxy groups -OCH3 is 1. The molecule has 2 heterocycles. The molecule has 0 aliphatic carbocycles. The molecule has 3 rings (SSSR count). The molecule has 9 nitrogen and oxygen atoms in total. The first kappa shape index (κ1) is 22.2. The summed E-state index contributed by atoms with van der Waals surface area (Å²) in [5, 5.41) is 11.6. The number of benzene rings is 1. The number of nitro benzene ring substituents is 1. The first-order valence-corrected chi connectivity index (χ1v) is 10.8. The van der Waals surface area contributed by atoms with Crippen molar-refractivity contribution in [2.75, 3.05) is 20.3 Å². The molecule has 1 aliphatic heterocycles. The fourth-order valence-corrected chi connectivity index (χ4v) is 5.69. The Balaban J connectivity index is 2.34. The largest absolute Gasteiger partial charge is 0.465 e. The summed E-state index contributed by atoms with van der Waals surface area (Å²) in [6, 6.07) is 5.82. The summed E-state index contributed by atoms with van der Waals surface area (Å²) >= 11 is 0. The SMILES string of the molecule is COC(=O)c1c(C)nc(C)c([P+]2(O)OCC(C)(C)CO2)c1-c1cccc([N+](=O)[O-])c1. The molecule has 1 saturated heterocycles. The Morgan fingerprint density at radius 3 is 2.47 bits per heavy atom. The second-order valence-electron chi connectivity index (χ2n) is 7.91. The minimum atomic E-state index is -3.61. The third-order valence-electron chi connectivity index (χ3n) is 4.81. The maximum absolute atomic E-state index is 12.7. The Hall–Kier alpha value is -2.45. The first-order valence-electron chi connectivity index (χ1n) is 9.25. The molecule has 2 aromatic rings. The number of non-ortho nitro benzene ring substituents is 1. The summed E-state index contributed by atoms with van der Waals surface area (Å²) in [5.41, 5.74) is 1.06. The fraction of sp³-hybridized carbons (Fsp3) is 0.400. The van der Waals surface area contributed by atoms with Crippen LogP contribution in [0.2, 0.25) is 0 Å². The molecule has 1 aliphatic rings. The average Bonchev–Trinajstić information content (AvgIpc) is 2.69.